The number of aromatic nitrogens is 1. The van der Waals surface area contributed by atoms with Crippen molar-refractivity contribution in [2.45, 2.75) is 6.92 Å². The van der Waals surface area contributed by atoms with E-state index >= 15 is 0 Å². The highest BCUT2D eigenvalue weighted by Crippen LogP contribution is 2.34. The van der Waals surface area contributed by atoms with Crippen LogP contribution in [0.15, 0.2) is 58.8 Å². The van der Waals surface area contributed by atoms with E-state index in [0.29, 0.717) is 16.6 Å². The van der Waals surface area contributed by atoms with Gasteiger partial charge in [0.05, 0.1) is 10.6 Å². The molecule has 0 aliphatic heterocycles. The summed E-state index contributed by atoms with van der Waals surface area (Å²) < 4.78 is 0. The van der Waals surface area contributed by atoms with Crippen molar-refractivity contribution in [2.75, 3.05) is 0 Å². The molecular weight excluding hydrogens is 296 g/mol. The van der Waals surface area contributed by atoms with E-state index in [0.717, 1.165) is 5.69 Å². The second-order valence-corrected chi connectivity index (χ2v) is 4.90. The summed E-state index contributed by atoms with van der Waals surface area (Å²) >= 11 is 0. The second kappa shape index (κ2) is 5.80. The molecule has 0 saturated heterocycles. The van der Waals surface area contributed by atoms with Crippen LogP contribution in [0.2, 0.25) is 0 Å². The maximum atomic E-state index is 11.0. The number of benzene rings is 2. The first-order valence-corrected chi connectivity index (χ1v) is 6.81. The van der Waals surface area contributed by atoms with Gasteiger partial charge < -0.3 is 5.11 Å². The Morgan fingerprint density at radius 3 is 2.57 bits per heavy atom. The van der Waals surface area contributed by atoms with Crippen LogP contribution in [-0.4, -0.2) is 15.0 Å². The Kier molecular flexibility index (Phi) is 3.68. The highest BCUT2D eigenvalue weighted by Gasteiger charge is 2.12. The third-order valence-electron chi connectivity index (χ3n) is 3.30. The van der Waals surface area contributed by atoms with E-state index in [1.807, 2.05) is 6.92 Å². The van der Waals surface area contributed by atoms with Crippen molar-refractivity contribution in [3.63, 3.8) is 0 Å². The summed E-state index contributed by atoms with van der Waals surface area (Å²) in [4.78, 5) is 14.8. The Hall–Kier alpha value is -3.35. The monoisotopic (exact) mass is 308 g/mol. The molecule has 2 aromatic carbocycles. The van der Waals surface area contributed by atoms with Crippen molar-refractivity contribution < 1.29 is 10.0 Å². The molecule has 7 nitrogen and oxygen atoms in total. The zero-order valence-electron chi connectivity index (χ0n) is 12.2. The van der Waals surface area contributed by atoms with E-state index in [1.54, 1.807) is 30.3 Å². The van der Waals surface area contributed by atoms with Crippen LogP contribution in [0.25, 0.3) is 10.9 Å². The lowest BCUT2D eigenvalue weighted by Crippen LogP contribution is -1.87. The van der Waals surface area contributed by atoms with Crippen LogP contribution in [0.5, 0.6) is 5.75 Å². The normalized spacial score (nSPS) is 11.2. The number of aromatic hydroxyl groups is 1. The quantitative estimate of drug-likeness (QED) is 0.435. The molecule has 0 radical (unpaired) electrons. The molecule has 0 unspecified atom stereocenters. The van der Waals surface area contributed by atoms with Crippen LogP contribution >= 0.6 is 0 Å². The summed E-state index contributed by atoms with van der Waals surface area (Å²) in [7, 11) is 0. The molecule has 1 heterocycles. The lowest BCUT2D eigenvalue weighted by atomic mass is 10.1. The van der Waals surface area contributed by atoms with E-state index in [1.165, 1.54) is 18.2 Å². The number of aryl methyl sites for hydroxylation is 1. The minimum Gasteiger partial charge on any atom is -0.506 e. The molecule has 0 atom stereocenters. The standard InChI is InChI=1S/C16H12N4O3/c1-10-6-7-11-12(8-9-15(21)16(11)17-10)18-19-13-4-2-3-5-14(13)20(22)23/h2-9,21H,1H3. The lowest BCUT2D eigenvalue weighted by molar-refractivity contribution is -0.384. The van der Waals surface area contributed by atoms with Crippen molar-refractivity contribution in [3.05, 3.63) is 64.3 Å². The number of fused-ring (bicyclic) bond motifs is 1. The van der Waals surface area contributed by atoms with Gasteiger partial charge in [0.25, 0.3) is 5.69 Å². The van der Waals surface area contributed by atoms with Crippen molar-refractivity contribution in [1.82, 2.24) is 4.98 Å². The summed E-state index contributed by atoms with van der Waals surface area (Å²) in [6.07, 6.45) is 0. The highest BCUT2D eigenvalue weighted by molar-refractivity contribution is 5.93. The fourth-order valence-electron chi connectivity index (χ4n) is 2.18. The molecule has 0 aliphatic rings. The molecular formula is C16H12N4O3. The zero-order valence-corrected chi connectivity index (χ0v) is 12.2. The molecule has 0 saturated carbocycles. The molecule has 3 rings (SSSR count). The van der Waals surface area contributed by atoms with Gasteiger partial charge in [0.1, 0.15) is 11.3 Å². The van der Waals surface area contributed by atoms with Gasteiger partial charge in [0.15, 0.2) is 5.69 Å². The van der Waals surface area contributed by atoms with Gasteiger partial charge >= 0.3 is 0 Å². The number of nitro groups is 1. The number of rotatable bonds is 3. The Labute approximate surface area is 131 Å². The largest absolute Gasteiger partial charge is 0.506 e. The maximum absolute atomic E-state index is 11.0. The fourth-order valence-corrected chi connectivity index (χ4v) is 2.18. The highest BCUT2D eigenvalue weighted by atomic mass is 16.6. The Balaban J connectivity index is 2.09. The molecule has 0 bridgehead atoms. The fraction of sp³-hybridized carbons (Fsp3) is 0.0625. The van der Waals surface area contributed by atoms with Crippen LogP contribution in [0.3, 0.4) is 0 Å². The van der Waals surface area contributed by atoms with Crippen LogP contribution in [-0.2, 0) is 0 Å². The van der Waals surface area contributed by atoms with Crippen LogP contribution < -0.4 is 0 Å². The Morgan fingerprint density at radius 1 is 1.04 bits per heavy atom. The average molecular weight is 308 g/mol. The van der Waals surface area contributed by atoms with Gasteiger partial charge in [-0.1, -0.05) is 12.1 Å². The third kappa shape index (κ3) is 2.84. The van der Waals surface area contributed by atoms with Gasteiger partial charge in [-0.05, 0) is 37.3 Å². The molecule has 0 aliphatic carbocycles. The lowest BCUT2D eigenvalue weighted by Gasteiger charge is -2.04. The predicted octanol–water partition coefficient (Wildman–Crippen LogP) is 4.57. The number of para-hydroxylation sites is 1. The maximum Gasteiger partial charge on any atom is 0.296 e. The van der Waals surface area contributed by atoms with E-state index < -0.39 is 4.92 Å². The molecule has 3 aromatic rings. The third-order valence-corrected chi connectivity index (χ3v) is 3.30. The van der Waals surface area contributed by atoms with Gasteiger partial charge in [0, 0.05) is 17.1 Å². The predicted molar refractivity (Wildman–Crippen MR) is 85.4 cm³/mol. The van der Waals surface area contributed by atoms with Crippen LogP contribution in [0.1, 0.15) is 5.69 Å². The summed E-state index contributed by atoms with van der Waals surface area (Å²) in [6.45, 7) is 1.82. The number of hydrogen-bond acceptors (Lipinski definition) is 6. The summed E-state index contributed by atoms with van der Waals surface area (Å²) in [5.74, 6) is 0.0494. The first-order valence-electron chi connectivity index (χ1n) is 6.81. The van der Waals surface area contributed by atoms with Crippen molar-refractivity contribution in [2.24, 2.45) is 10.2 Å². The second-order valence-electron chi connectivity index (χ2n) is 4.90. The number of hydrogen-bond donors (Lipinski definition) is 1. The van der Waals surface area contributed by atoms with E-state index in [-0.39, 0.29) is 17.1 Å². The molecule has 114 valence electrons. The SMILES string of the molecule is Cc1ccc2c(N=Nc3ccccc3[N+](=O)[O-])ccc(O)c2n1. The number of phenolic OH excluding ortho intramolecular Hbond substituents is 1. The van der Waals surface area contributed by atoms with Gasteiger partial charge in [-0.15, -0.1) is 10.2 Å². The molecule has 0 spiro atoms. The Morgan fingerprint density at radius 2 is 1.78 bits per heavy atom. The molecule has 7 heteroatoms. The van der Waals surface area contributed by atoms with Crippen LogP contribution in [0.4, 0.5) is 17.1 Å². The zero-order chi connectivity index (χ0) is 16.4. The van der Waals surface area contributed by atoms with Gasteiger partial charge in [-0.3, -0.25) is 10.1 Å². The molecule has 23 heavy (non-hydrogen) atoms. The van der Waals surface area contributed by atoms with Gasteiger partial charge in [-0.25, -0.2) is 4.98 Å². The summed E-state index contributed by atoms with van der Waals surface area (Å²) in [6, 6.07) is 12.8. The van der Waals surface area contributed by atoms with Crippen molar-refractivity contribution in [3.8, 4) is 5.75 Å². The van der Waals surface area contributed by atoms with Crippen molar-refractivity contribution >= 4 is 28.0 Å². The summed E-state index contributed by atoms with van der Waals surface area (Å²) in [5, 5.41) is 29.6. The average Bonchev–Trinajstić information content (AvgIpc) is 2.55. The van der Waals surface area contributed by atoms with Crippen LogP contribution in [0, 0.1) is 17.0 Å². The first-order chi connectivity index (χ1) is 11.1. The molecule has 0 fully saturated rings. The molecule has 0 amide bonds. The molecule has 1 N–H and O–H groups in total. The number of azo groups is 1. The van der Waals surface area contributed by atoms with Gasteiger partial charge in [-0.2, -0.15) is 0 Å². The first kappa shape index (κ1) is 14.6. The smallest absolute Gasteiger partial charge is 0.296 e. The number of nitro benzene ring substituents is 1. The van der Waals surface area contributed by atoms with E-state index in [9.17, 15) is 15.2 Å². The minimum atomic E-state index is -0.506. The van der Waals surface area contributed by atoms with Gasteiger partial charge in [0.2, 0.25) is 0 Å². The number of phenols is 1. The summed E-state index contributed by atoms with van der Waals surface area (Å²) in [5.41, 5.74) is 1.71. The topological polar surface area (TPSA) is 101 Å². The number of nitrogens with zero attached hydrogens (tertiary/aromatic N) is 4. The molecule has 1 aromatic heterocycles. The number of pyridine rings is 1. The Bertz CT molecular complexity index is 938. The van der Waals surface area contributed by atoms with E-state index in [2.05, 4.69) is 15.2 Å². The van der Waals surface area contributed by atoms with Crippen molar-refractivity contribution in [1.29, 1.82) is 0 Å². The minimum absolute atomic E-state index is 0.0494. The van der Waals surface area contributed by atoms with E-state index in [4.69, 9.17) is 0 Å².